The molecule has 2 heterocycles. The number of piperidine rings is 1. The Balaban J connectivity index is 1.60. The minimum atomic E-state index is -3.80. The highest BCUT2D eigenvalue weighted by Crippen LogP contribution is 2.19. The van der Waals surface area contributed by atoms with E-state index in [1.54, 1.807) is 36.1 Å². The quantitative estimate of drug-likeness (QED) is 0.736. The standard InChI is InChI=1S/C20H26ClN3O4S/c1-15(19(25)23-11-3-2-4-12-23)24-13-9-18(20(24)26)22-29(27,28)14-10-16-5-7-17(21)8-6-16/h5-8,10,14-15,18,22H,2-4,9,11-13H2,1H3/t15-,18-/m1/s1. The molecule has 2 atom stereocenters. The van der Waals surface area contributed by atoms with E-state index in [-0.39, 0.29) is 11.8 Å². The van der Waals surface area contributed by atoms with Crippen LogP contribution < -0.4 is 4.72 Å². The molecule has 158 valence electrons. The first kappa shape index (κ1) is 21.8. The van der Waals surface area contributed by atoms with Crippen molar-refractivity contribution in [2.45, 2.75) is 44.7 Å². The highest BCUT2D eigenvalue weighted by Gasteiger charge is 2.39. The first-order chi connectivity index (χ1) is 13.8. The average molecular weight is 440 g/mol. The van der Waals surface area contributed by atoms with E-state index in [2.05, 4.69) is 4.72 Å². The number of rotatable bonds is 6. The van der Waals surface area contributed by atoms with Crippen molar-refractivity contribution in [3.63, 3.8) is 0 Å². The summed E-state index contributed by atoms with van der Waals surface area (Å²) in [4.78, 5) is 28.7. The molecule has 2 saturated heterocycles. The molecule has 0 bridgehead atoms. The van der Waals surface area contributed by atoms with Gasteiger partial charge < -0.3 is 9.80 Å². The summed E-state index contributed by atoms with van der Waals surface area (Å²) in [6, 6.07) is 5.29. The van der Waals surface area contributed by atoms with Crippen molar-refractivity contribution in [2.75, 3.05) is 19.6 Å². The Morgan fingerprint density at radius 3 is 2.48 bits per heavy atom. The van der Waals surface area contributed by atoms with Crippen LogP contribution in [0.1, 0.15) is 38.2 Å². The summed E-state index contributed by atoms with van der Waals surface area (Å²) in [6.07, 6.45) is 4.86. The predicted octanol–water partition coefficient (Wildman–Crippen LogP) is 2.23. The van der Waals surface area contributed by atoms with E-state index < -0.39 is 22.1 Å². The fourth-order valence-corrected chi connectivity index (χ4v) is 4.84. The molecule has 29 heavy (non-hydrogen) atoms. The van der Waals surface area contributed by atoms with Gasteiger partial charge in [0.25, 0.3) is 0 Å². The van der Waals surface area contributed by atoms with Crippen LogP contribution in [-0.2, 0) is 19.6 Å². The van der Waals surface area contributed by atoms with E-state index in [0.717, 1.165) is 37.8 Å². The number of nitrogens with one attached hydrogen (secondary N) is 1. The van der Waals surface area contributed by atoms with Gasteiger partial charge in [-0.05, 0) is 56.4 Å². The molecule has 0 aromatic heterocycles. The number of amides is 2. The third-order valence-corrected chi connectivity index (χ3v) is 6.71. The Bertz CT molecular complexity index is 879. The molecule has 2 aliphatic rings. The van der Waals surface area contributed by atoms with Crippen LogP contribution in [0.25, 0.3) is 6.08 Å². The van der Waals surface area contributed by atoms with Crippen molar-refractivity contribution < 1.29 is 18.0 Å². The zero-order valence-corrected chi connectivity index (χ0v) is 18.0. The van der Waals surface area contributed by atoms with Crippen LogP contribution in [0.5, 0.6) is 0 Å². The molecule has 0 aliphatic carbocycles. The minimum absolute atomic E-state index is 0.0656. The third kappa shape index (κ3) is 5.58. The van der Waals surface area contributed by atoms with Gasteiger partial charge in [-0.15, -0.1) is 0 Å². The lowest BCUT2D eigenvalue weighted by Gasteiger charge is -2.32. The summed E-state index contributed by atoms with van der Waals surface area (Å²) in [5.41, 5.74) is 0.680. The van der Waals surface area contributed by atoms with E-state index in [9.17, 15) is 18.0 Å². The van der Waals surface area contributed by atoms with Crippen LogP contribution in [0.3, 0.4) is 0 Å². The molecule has 1 aromatic carbocycles. The van der Waals surface area contributed by atoms with E-state index >= 15 is 0 Å². The number of benzene rings is 1. The van der Waals surface area contributed by atoms with Crippen LogP contribution >= 0.6 is 11.6 Å². The molecule has 0 radical (unpaired) electrons. The highest BCUT2D eigenvalue weighted by atomic mass is 35.5. The lowest BCUT2D eigenvalue weighted by Crippen LogP contribution is -2.51. The maximum absolute atomic E-state index is 12.7. The van der Waals surface area contributed by atoms with Gasteiger partial charge in [0, 0.05) is 30.1 Å². The lowest BCUT2D eigenvalue weighted by atomic mass is 10.1. The first-order valence-corrected chi connectivity index (χ1v) is 11.7. The zero-order valence-electron chi connectivity index (χ0n) is 16.4. The summed E-state index contributed by atoms with van der Waals surface area (Å²) in [6.45, 7) is 3.51. The monoisotopic (exact) mass is 439 g/mol. The number of hydrogen-bond donors (Lipinski definition) is 1. The molecular formula is C20H26ClN3O4S. The predicted molar refractivity (Wildman–Crippen MR) is 113 cm³/mol. The van der Waals surface area contributed by atoms with Gasteiger partial charge in [0.2, 0.25) is 21.8 Å². The molecule has 1 aromatic rings. The molecule has 9 heteroatoms. The van der Waals surface area contributed by atoms with Gasteiger partial charge in [0.05, 0.1) is 0 Å². The van der Waals surface area contributed by atoms with Gasteiger partial charge in [-0.1, -0.05) is 23.7 Å². The molecule has 0 spiro atoms. The average Bonchev–Trinajstić information content (AvgIpc) is 3.06. The number of halogens is 1. The number of hydrogen-bond acceptors (Lipinski definition) is 4. The summed E-state index contributed by atoms with van der Waals surface area (Å²) >= 11 is 5.82. The summed E-state index contributed by atoms with van der Waals surface area (Å²) in [5.74, 6) is -0.421. The summed E-state index contributed by atoms with van der Waals surface area (Å²) < 4.78 is 27.2. The minimum Gasteiger partial charge on any atom is -0.341 e. The topological polar surface area (TPSA) is 86.8 Å². The smallest absolute Gasteiger partial charge is 0.245 e. The lowest BCUT2D eigenvalue weighted by molar-refractivity contribution is -0.143. The maximum Gasteiger partial charge on any atom is 0.245 e. The molecule has 2 amide bonds. The fraction of sp³-hybridized carbons (Fsp3) is 0.500. The van der Waals surface area contributed by atoms with Gasteiger partial charge in [-0.25, -0.2) is 8.42 Å². The fourth-order valence-electron chi connectivity index (χ4n) is 3.69. The Hall–Kier alpha value is -1.90. The van der Waals surface area contributed by atoms with Crippen molar-refractivity contribution in [3.05, 3.63) is 40.3 Å². The Morgan fingerprint density at radius 1 is 1.17 bits per heavy atom. The van der Waals surface area contributed by atoms with E-state index in [1.165, 1.54) is 11.0 Å². The second-order valence-electron chi connectivity index (χ2n) is 7.45. The van der Waals surface area contributed by atoms with E-state index in [0.29, 0.717) is 23.6 Å². The van der Waals surface area contributed by atoms with Crippen LogP contribution in [0, 0.1) is 0 Å². The highest BCUT2D eigenvalue weighted by molar-refractivity contribution is 7.92. The molecule has 2 fully saturated rings. The largest absolute Gasteiger partial charge is 0.341 e. The second kappa shape index (κ2) is 9.28. The van der Waals surface area contributed by atoms with Gasteiger partial charge in [-0.3, -0.25) is 9.59 Å². The second-order valence-corrected chi connectivity index (χ2v) is 9.49. The third-order valence-electron chi connectivity index (χ3n) is 5.35. The Morgan fingerprint density at radius 2 is 1.83 bits per heavy atom. The Kier molecular flexibility index (Phi) is 6.97. The van der Waals surface area contributed by atoms with Gasteiger partial charge in [-0.2, -0.15) is 4.72 Å². The zero-order chi connectivity index (χ0) is 21.0. The summed E-state index contributed by atoms with van der Waals surface area (Å²) in [5, 5.41) is 1.60. The first-order valence-electron chi connectivity index (χ1n) is 9.82. The molecular weight excluding hydrogens is 414 g/mol. The normalized spacial score (nSPS) is 21.7. The molecule has 7 nitrogen and oxygen atoms in total. The van der Waals surface area contributed by atoms with Gasteiger partial charge >= 0.3 is 0 Å². The molecule has 0 saturated carbocycles. The van der Waals surface area contributed by atoms with E-state index in [4.69, 9.17) is 11.6 Å². The van der Waals surface area contributed by atoms with Crippen LogP contribution in [0.4, 0.5) is 0 Å². The van der Waals surface area contributed by atoms with Crippen molar-refractivity contribution in [1.82, 2.24) is 14.5 Å². The maximum atomic E-state index is 12.7. The van der Waals surface area contributed by atoms with Crippen LogP contribution in [0.2, 0.25) is 5.02 Å². The van der Waals surface area contributed by atoms with Gasteiger partial charge in [0.1, 0.15) is 12.1 Å². The van der Waals surface area contributed by atoms with E-state index in [1.807, 2.05) is 0 Å². The van der Waals surface area contributed by atoms with Crippen molar-refractivity contribution in [1.29, 1.82) is 0 Å². The number of likely N-dealkylation sites (tertiary alicyclic amines) is 2. The summed E-state index contributed by atoms with van der Waals surface area (Å²) in [7, 11) is -3.80. The molecule has 2 aliphatic heterocycles. The van der Waals surface area contributed by atoms with Crippen LogP contribution in [0.15, 0.2) is 29.7 Å². The molecule has 3 rings (SSSR count). The van der Waals surface area contributed by atoms with Crippen molar-refractivity contribution in [2.24, 2.45) is 0 Å². The van der Waals surface area contributed by atoms with Crippen molar-refractivity contribution in [3.8, 4) is 0 Å². The molecule has 0 unspecified atom stereocenters. The number of carbonyl (C=O) groups is 2. The Labute approximate surface area is 176 Å². The number of nitrogens with zero attached hydrogens (tertiary/aromatic N) is 2. The van der Waals surface area contributed by atoms with Crippen molar-refractivity contribution >= 4 is 39.5 Å². The SMILES string of the molecule is C[C@H](C(=O)N1CCCCC1)N1CC[C@@H](NS(=O)(=O)C=Cc2ccc(Cl)cc2)C1=O. The molecule has 1 N–H and O–H groups in total. The van der Waals surface area contributed by atoms with Crippen LogP contribution in [-0.4, -0.2) is 61.7 Å². The number of carbonyl (C=O) groups excluding carboxylic acids is 2. The van der Waals surface area contributed by atoms with Gasteiger partial charge in [0.15, 0.2) is 0 Å². The number of sulfonamides is 1.